The molecule has 0 aliphatic carbocycles. The minimum Gasteiger partial charge on any atom is -0.478 e. The van der Waals surface area contributed by atoms with Crippen LogP contribution in [0, 0.1) is 6.92 Å². The lowest BCUT2D eigenvalue weighted by atomic mass is 10.0. The SMILES string of the molecule is Cc1ncc(C(=O)NC2CCCN(c3ccc(C(=O)O)cc3)C2)s1. The van der Waals surface area contributed by atoms with Gasteiger partial charge in [-0.3, -0.25) is 4.79 Å². The van der Waals surface area contributed by atoms with E-state index in [1.807, 2.05) is 19.1 Å². The molecule has 3 rings (SSSR count). The van der Waals surface area contributed by atoms with Gasteiger partial charge in [-0.1, -0.05) is 0 Å². The number of anilines is 1. The van der Waals surface area contributed by atoms with E-state index in [1.54, 1.807) is 18.3 Å². The number of aromatic carboxylic acids is 1. The van der Waals surface area contributed by atoms with Crippen LogP contribution in [0.5, 0.6) is 0 Å². The van der Waals surface area contributed by atoms with Crippen molar-refractivity contribution < 1.29 is 14.7 Å². The maximum absolute atomic E-state index is 12.3. The molecule has 2 N–H and O–H groups in total. The summed E-state index contributed by atoms with van der Waals surface area (Å²) in [7, 11) is 0. The van der Waals surface area contributed by atoms with Crippen LogP contribution in [-0.2, 0) is 0 Å². The molecule has 0 saturated carbocycles. The van der Waals surface area contributed by atoms with Gasteiger partial charge in [-0.05, 0) is 44.0 Å². The number of piperidine rings is 1. The number of carbonyl (C=O) groups excluding carboxylic acids is 1. The van der Waals surface area contributed by atoms with Crippen molar-refractivity contribution in [1.82, 2.24) is 10.3 Å². The lowest BCUT2D eigenvalue weighted by Crippen LogP contribution is -2.47. The molecule has 2 aromatic rings. The third-order valence-electron chi connectivity index (χ3n) is 4.08. The summed E-state index contributed by atoms with van der Waals surface area (Å²) in [5.41, 5.74) is 1.26. The predicted octanol–water partition coefficient (Wildman–Crippen LogP) is 2.55. The molecule has 0 spiro atoms. The monoisotopic (exact) mass is 345 g/mol. The van der Waals surface area contributed by atoms with Crippen LogP contribution in [0.15, 0.2) is 30.5 Å². The second-order valence-corrected chi connectivity index (χ2v) is 7.09. The second-order valence-electron chi connectivity index (χ2n) is 5.85. The van der Waals surface area contributed by atoms with Crippen LogP contribution in [0.1, 0.15) is 37.9 Å². The Labute approximate surface area is 144 Å². The smallest absolute Gasteiger partial charge is 0.335 e. The molecule has 7 heteroatoms. The Morgan fingerprint density at radius 1 is 1.33 bits per heavy atom. The molecular formula is C17H19N3O3S. The number of nitrogens with zero attached hydrogens (tertiary/aromatic N) is 2. The van der Waals surface area contributed by atoms with Crippen LogP contribution in [0.25, 0.3) is 0 Å². The summed E-state index contributed by atoms with van der Waals surface area (Å²) in [6, 6.07) is 6.94. The van der Waals surface area contributed by atoms with Crippen molar-refractivity contribution in [2.24, 2.45) is 0 Å². The highest BCUT2D eigenvalue weighted by Crippen LogP contribution is 2.21. The maximum atomic E-state index is 12.3. The number of thiazole rings is 1. The molecule has 1 amide bonds. The number of carboxylic acid groups (broad SMARTS) is 1. The van der Waals surface area contributed by atoms with E-state index in [4.69, 9.17) is 5.11 Å². The third kappa shape index (κ3) is 3.73. The zero-order valence-corrected chi connectivity index (χ0v) is 14.2. The zero-order chi connectivity index (χ0) is 17.1. The van der Waals surface area contributed by atoms with Crippen LogP contribution in [-0.4, -0.2) is 41.1 Å². The number of amides is 1. The summed E-state index contributed by atoms with van der Waals surface area (Å²) in [4.78, 5) is 30.1. The number of benzene rings is 1. The first kappa shape index (κ1) is 16.4. The summed E-state index contributed by atoms with van der Waals surface area (Å²) in [6.45, 7) is 3.50. The van der Waals surface area contributed by atoms with Gasteiger partial charge in [-0.25, -0.2) is 9.78 Å². The number of aryl methyl sites for hydroxylation is 1. The molecule has 1 aliphatic rings. The molecule has 0 radical (unpaired) electrons. The molecule has 1 aliphatic heterocycles. The van der Waals surface area contributed by atoms with Crippen LogP contribution in [0.4, 0.5) is 5.69 Å². The number of carbonyl (C=O) groups is 2. The number of hydrogen-bond acceptors (Lipinski definition) is 5. The maximum Gasteiger partial charge on any atom is 0.335 e. The van der Waals surface area contributed by atoms with E-state index in [9.17, 15) is 9.59 Å². The Bertz CT molecular complexity index is 742. The first-order valence-electron chi connectivity index (χ1n) is 7.84. The molecule has 1 aromatic heterocycles. The van der Waals surface area contributed by atoms with Gasteiger partial charge >= 0.3 is 5.97 Å². The summed E-state index contributed by atoms with van der Waals surface area (Å²) in [5.74, 6) is -1.00. The standard InChI is InChI=1S/C17H19N3O3S/c1-11-18-9-15(24-11)16(21)19-13-3-2-8-20(10-13)14-6-4-12(5-7-14)17(22)23/h4-7,9,13H,2-3,8,10H2,1H3,(H,19,21)(H,22,23). The van der Waals surface area contributed by atoms with E-state index < -0.39 is 5.97 Å². The highest BCUT2D eigenvalue weighted by atomic mass is 32.1. The van der Waals surface area contributed by atoms with E-state index in [2.05, 4.69) is 15.2 Å². The predicted molar refractivity (Wildman–Crippen MR) is 93.0 cm³/mol. The molecule has 1 aromatic carbocycles. The zero-order valence-electron chi connectivity index (χ0n) is 13.4. The number of aromatic nitrogens is 1. The van der Waals surface area contributed by atoms with Crippen molar-refractivity contribution in [3.63, 3.8) is 0 Å². The van der Waals surface area contributed by atoms with Crippen LogP contribution >= 0.6 is 11.3 Å². The molecule has 24 heavy (non-hydrogen) atoms. The van der Waals surface area contributed by atoms with Gasteiger partial charge in [0.1, 0.15) is 4.88 Å². The molecule has 0 bridgehead atoms. The van der Waals surface area contributed by atoms with Crippen molar-refractivity contribution in [1.29, 1.82) is 0 Å². The second kappa shape index (κ2) is 7.00. The first-order valence-corrected chi connectivity index (χ1v) is 8.66. The summed E-state index contributed by atoms with van der Waals surface area (Å²) < 4.78 is 0. The summed E-state index contributed by atoms with van der Waals surface area (Å²) in [5, 5.41) is 12.9. The van der Waals surface area contributed by atoms with Crippen molar-refractivity contribution in [3.05, 3.63) is 45.9 Å². The lowest BCUT2D eigenvalue weighted by molar-refractivity contribution is 0.0696. The number of carboxylic acids is 1. The fourth-order valence-electron chi connectivity index (χ4n) is 2.87. The molecule has 6 nitrogen and oxygen atoms in total. The van der Waals surface area contributed by atoms with Gasteiger partial charge in [0.25, 0.3) is 5.91 Å². The Hall–Kier alpha value is -2.41. The molecule has 126 valence electrons. The van der Waals surface area contributed by atoms with Crippen molar-refractivity contribution in [2.75, 3.05) is 18.0 Å². The van der Waals surface area contributed by atoms with E-state index >= 15 is 0 Å². The average Bonchev–Trinajstić information content (AvgIpc) is 3.02. The number of nitrogens with one attached hydrogen (secondary N) is 1. The van der Waals surface area contributed by atoms with Crippen molar-refractivity contribution in [3.8, 4) is 0 Å². The molecule has 1 unspecified atom stereocenters. The molecule has 1 saturated heterocycles. The molecule has 1 atom stereocenters. The van der Waals surface area contributed by atoms with Crippen LogP contribution < -0.4 is 10.2 Å². The van der Waals surface area contributed by atoms with Gasteiger partial charge in [0.2, 0.25) is 0 Å². The molecule has 2 heterocycles. The van der Waals surface area contributed by atoms with E-state index in [1.165, 1.54) is 11.3 Å². The van der Waals surface area contributed by atoms with Crippen LogP contribution in [0.2, 0.25) is 0 Å². The fourth-order valence-corrected chi connectivity index (χ4v) is 3.55. The van der Waals surface area contributed by atoms with Gasteiger partial charge in [0, 0.05) is 24.8 Å². The minimum absolute atomic E-state index is 0.0753. The third-order valence-corrected chi connectivity index (χ3v) is 4.99. The van der Waals surface area contributed by atoms with Gasteiger partial charge < -0.3 is 15.3 Å². The Morgan fingerprint density at radius 2 is 2.08 bits per heavy atom. The van der Waals surface area contributed by atoms with E-state index in [-0.39, 0.29) is 17.5 Å². The first-order chi connectivity index (χ1) is 11.5. The largest absolute Gasteiger partial charge is 0.478 e. The van der Waals surface area contributed by atoms with Gasteiger partial charge in [0.05, 0.1) is 16.8 Å². The topological polar surface area (TPSA) is 82.5 Å². The summed E-state index contributed by atoms with van der Waals surface area (Å²) >= 11 is 1.39. The highest BCUT2D eigenvalue weighted by molar-refractivity contribution is 7.13. The Morgan fingerprint density at radius 3 is 2.71 bits per heavy atom. The van der Waals surface area contributed by atoms with Gasteiger partial charge in [-0.15, -0.1) is 11.3 Å². The lowest BCUT2D eigenvalue weighted by Gasteiger charge is -2.34. The fraction of sp³-hybridized carbons (Fsp3) is 0.353. The summed E-state index contributed by atoms with van der Waals surface area (Å²) in [6.07, 6.45) is 3.53. The number of rotatable bonds is 4. The van der Waals surface area contributed by atoms with Gasteiger partial charge in [-0.2, -0.15) is 0 Å². The molecular weight excluding hydrogens is 326 g/mol. The molecule has 1 fully saturated rings. The van der Waals surface area contributed by atoms with E-state index in [0.717, 1.165) is 36.6 Å². The normalized spacial score (nSPS) is 17.5. The average molecular weight is 345 g/mol. The van der Waals surface area contributed by atoms with Crippen LogP contribution in [0.3, 0.4) is 0 Å². The van der Waals surface area contributed by atoms with E-state index in [0.29, 0.717) is 4.88 Å². The minimum atomic E-state index is -0.926. The Kier molecular flexibility index (Phi) is 4.80. The number of hydrogen-bond donors (Lipinski definition) is 2. The Balaban J connectivity index is 1.63. The van der Waals surface area contributed by atoms with Gasteiger partial charge in [0.15, 0.2) is 0 Å². The van der Waals surface area contributed by atoms with Crippen molar-refractivity contribution in [2.45, 2.75) is 25.8 Å². The van der Waals surface area contributed by atoms with Crippen molar-refractivity contribution >= 4 is 28.9 Å². The highest BCUT2D eigenvalue weighted by Gasteiger charge is 2.23. The quantitative estimate of drug-likeness (QED) is 0.890.